The fraction of sp³-hybridized carbons (Fsp3) is 0.286. The number of thiophene rings is 1. The molecule has 21 heavy (non-hydrogen) atoms. The summed E-state index contributed by atoms with van der Waals surface area (Å²) in [5.74, 6) is -1.10. The normalized spacial score (nSPS) is 10.4. The summed E-state index contributed by atoms with van der Waals surface area (Å²) in [6.07, 6.45) is 0.777. The minimum Gasteiger partial charge on any atom is -0.477 e. The van der Waals surface area contributed by atoms with E-state index in [-0.39, 0.29) is 17.4 Å². The number of anilines is 1. The number of nitrogens with one attached hydrogen (secondary N) is 2. The smallest absolute Gasteiger partial charge is 0.354 e. The van der Waals surface area contributed by atoms with Gasteiger partial charge in [0.05, 0.1) is 5.69 Å². The van der Waals surface area contributed by atoms with Crippen molar-refractivity contribution in [1.82, 2.24) is 9.88 Å². The number of likely N-dealkylation sites (N-methyl/N-ethyl adjacent to an activating group) is 1. The van der Waals surface area contributed by atoms with Crippen LogP contribution in [0.25, 0.3) is 0 Å². The summed E-state index contributed by atoms with van der Waals surface area (Å²) < 4.78 is 0. The third-order valence-electron chi connectivity index (χ3n) is 3.03. The fourth-order valence-corrected chi connectivity index (χ4v) is 2.60. The first-order chi connectivity index (χ1) is 9.97. The van der Waals surface area contributed by atoms with Crippen LogP contribution in [0.5, 0.6) is 0 Å². The van der Waals surface area contributed by atoms with E-state index in [9.17, 15) is 9.59 Å². The number of aryl methyl sites for hydroxylation is 1. The lowest BCUT2D eigenvalue weighted by Crippen LogP contribution is -2.33. The lowest BCUT2D eigenvalue weighted by molar-refractivity contribution is 0.0692. The van der Waals surface area contributed by atoms with Gasteiger partial charge in [-0.2, -0.15) is 0 Å². The molecular weight excluding hydrogens is 290 g/mol. The monoisotopic (exact) mass is 307 g/mol. The maximum absolute atomic E-state index is 12.1. The molecular formula is C14H17N3O3S. The van der Waals surface area contributed by atoms with Crippen molar-refractivity contribution in [3.8, 4) is 0 Å². The van der Waals surface area contributed by atoms with Crippen LogP contribution in [0.2, 0.25) is 0 Å². The number of urea groups is 1. The van der Waals surface area contributed by atoms with Crippen LogP contribution in [0.1, 0.15) is 21.1 Å². The minimum absolute atomic E-state index is 0.00694. The number of H-pyrrole nitrogens is 1. The Morgan fingerprint density at radius 2 is 2.24 bits per heavy atom. The molecule has 0 aromatic carbocycles. The van der Waals surface area contributed by atoms with Gasteiger partial charge in [0.15, 0.2) is 0 Å². The first-order valence-corrected chi connectivity index (χ1v) is 7.32. The summed E-state index contributed by atoms with van der Waals surface area (Å²) in [5, 5.41) is 13.7. The molecule has 0 unspecified atom stereocenters. The van der Waals surface area contributed by atoms with Crippen molar-refractivity contribution >= 4 is 29.0 Å². The number of rotatable bonds is 5. The molecule has 112 valence electrons. The van der Waals surface area contributed by atoms with Crippen molar-refractivity contribution in [3.05, 3.63) is 39.8 Å². The molecule has 0 radical (unpaired) electrons. The number of aromatic nitrogens is 1. The molecule has 0 fully saturated rings. The molecule has 2 heterocycles. The number of hydrogen-bond acceptors (Lipinski definition) is 3. The van der Waals surface area contributed by atoms with E-state index in [2.05, 4.69) is 10.3 Å². The predicted octanol–water partition coefficient (Wildman–Crippen LogP) is 2.79. The number of hydrogen-bond donors (Lipinski definition) is 3. The van der Waals surface area contributed by atoms with Crippen molar-refractivity contribution in [2.45, 2.75) is 13.3 Å². The number of nitrogens with zero attached hydrogens (tertiary/aromatic N) is 1. The molecule has 0 spiro atoms. The van der Waals surface area contributed by atoms with Gasteiger partial charge in [-0.15, -0.1) is 11.3 Å². The van der Waals surface area contributed by atoms with Crippen LogP contribution >= 0.6 is 11.3 Å². The molecule has 2 aromatic rings. The number of amides is 2. The lowest BCUT2D eigenvalue weighted by Gasteiger charge is -2.17. The Kier molecular flexibility index (Phi) is 4.64. The first-order valence-electron chi connectivity index (χ1n) is 6.44. The molecule has 0 aliphatic heterocycles. The van der Waals surface area contributed by atoms with Gasteiger partial charge in [-0.3, -0.25) is 0 Å². The molecule has 6 nitrogen and oxygen atoms in total. The molecule has 2 amide bonds. The molecule has 0 bridgehead atoms. The average Bonchev–Trinajstić information content (AvgIpc) is 3.05. The van der Waals surface area contributed by atoms with Gasteiger partial charge < -0.3 is 20.3 Å². The van der Waals surface area contributed by atoms with Crippen LogP contribution in [-0.4, -0.2) is 40.6 Å². The minimum atomic E-state index is -1.10. The highest BCUT2D eigenvalue weighted by Gasteiger charge is 2.17. The largest absolute Gasteiger partial charge is 0.477 e. The van der Waals surface area contributed by atoms with Crippen LogP contribution in [-0.2, 0) is 6.42 Å². The van der Waals surface area contributed by atoms with Gasteiger partial charge in [0.25, 0.3) is 0 Å². The molecule has 0 atom stereocenters. The predicted molar refractivity (Wildman–Crippen MR) is 82.2 cm³/mol. The maximum Gasteiger partial charge on any atom is 0.354 e. The summed E-state index contributed by atoms with van der Waals surface area (Å²) in [4.78, 5) is 28.6. The van der Waals surface area contributed by atoms with Crippen molar-refractivity contribution in [3.63, 3.8) is 0 Å². The van der Waals surface area contributed by atoms with E-state index in [1.807, 2.05) is 17.5 Å². The topological polar surface area (TPSA) is 85.4 Å². The first kappa shape index (κ1) is 15.1. The van der Waals surface area contributed by atoms with E-state index in [1.165, 1.54) is 9.78 Å². The van der Waals surface area contributed by atoms with E-state index in [0.29, 0.717) is 12.2 Å². The maximum atomic E-state index is 12.1. The van der Waals surface area contributed by atoms with E-state index < -0.39 is 5.97 Å². The van der Waals surface area contributed by atoms with Crippen LogP contribution in [0.4, 0.5) is 10.5 Å². The second-order valence-corrected chi connectivity index (χ2v) is 5.76. The Morgan fingerprint density at radius 1 is 1.48 bits per heavy atom. The van der Waals surface area contributed by atoms with E-state index in [0.717, 1.165) is 6.42 Å². The molecule has 2 aromatic heterocycles. The number of aromatic amines is 1. The Labute approximate surface area is 126 Å². The molecule has 0 saturated carbocycles. The number of carboxylic acids is 1. The number of aromatic carboxylic acids is 1. The van der Waals surface area contributed by atoms with Gasteiger partial charge in [-0.25, -0.2) is 9.59 Å². The second-order valence-electron chi connectivity index (χ2n) is 4.73. The van der Waals surface area contributed by atoms with Crippen LogP contribution < -0.4 is 5.32 Å². The van der Waals surface area contributed by atoms with Crippen molar-refractivity contribution in [2.24, 2.45) is 0 Å². The van der Waals surface area contributed by atoms with Crippen LogP contribution in [0.3, 0.4) is 0 Å². The molecule has 0 aliphatic rings. The highest BCUT2D eigenvalue weighted by atomic mass is 32.1. The Morgan fingerprint density at radius 3 is 2.86 bits per heavy atom. The summed E-state index contributed by atoms with van der Waals surface area (Å²) in [5.41, 5.74) is 0.962. The van der Waals surface area contributed by atoms with Gasteiger partial charge in [-0.05, 0) is 30.9 Å². The Hall–Kier alpha value is -2.28. The fourth-order valence-electron chi connectivity index (χ4n) is 1.90. The van der Waals surface area contributed by atoms with Crippen LogP contribution in [0, 0.1) is 6.92 Å². The van der Waals surface area contributed by atoms with Crippen molar-refractivity contribution in [2.75, 3.05) is 18.9 Å². The summed E-state index contributed by atoms with van der Waals surface area (Å²) in [6.45, 7) is 2.31. The third-order valence-corrected chi connectivity index (χ3v) is 3.96. The Bertz CT molecular complexity index is 634. The summed E-state index contributed by atoms with van der Waals surface area (Å²) in [7, 11) is 1.68. The van der Waals surface area contributed by atoms with E-state index in [4.69, 9.17) is 5.11 Å². The van der Waals surface area contributed by atoms with Gasteiger partial charge in [-0.1, -0.05) is 6.07 Å². The third kappa shape index (κ3) is 3.85. The van der Waals surface area contributed by atoms with Gasteiger partial charge in [0.2, 0.25) is 0 Å². The highest BCUT2D eigenvalue weighted by molar-refractivity contribution is 7.09. The zero-order valence-electron chi connectivity index (χ0n) is 11.8. The molecule has 0 saturated heterocycles. The van der Waals surface area contributed by atoms with Crippen molar-refractivity contribution in [1.29, 1.82) is 0 Å². The standard InChI is InChI=1S/C14H17N3O3S/c1-9-8-11(12(15-9)13(18)19)16-14(20)17(2)6-5-10-4-3-7-21-10/h3-4,7-8,15H,5-6H2,1-2H3,(H,16,20)(H,18,19). The van der Waals surface area contributed by atoms with Gasteiger partial charge in [0, 0.05) is 24.2 Å². The van der Waals surface area contributed by atoms with Gasteiger partial charge >= 0.3 is 12.0 Å². The number of carboxylic acid groups (broad SMARTS) is 1. The van der Waals surface area contributed by atoms with Crippen LogP contribution in [0.15, 0.2) is 23.6 Å². The van der Waals surface area contributed by atoms with E-state index >= 15 is 0 Å². The Balaban J connectivity index is 1.95. The van der Waals surface area contributed by atoms with E-state index in [1.54, 1.807) is 31.4 Å². The van der Waals surface area contributed by atoms with Gasteiger partial charge in [0.1, 0.15) is 5.69 Å². The zero-order valence-corrected chi connectivity index (χ0v) is 12.7. The summed E-state index contributed by atoms with van der Waals surface area (Å²) >= 11 is 1.65. The molecule has 2 rings (SSSR count). The molecule has 3 N–H and O–H groups in total. The average molecular weight is 307 g/mol. The summed E-state index contributed by atoms with van der Waals surface area (Å²) in [6, 6.07) is 5.28. The quantitative estimate of drug-likeness (QED) is 0.794. The molecule has 0 aliphatic carbocycles. The highest BCUT2D eigenvalue weighted by Crippen LogP contribution is 2.17. The second kappa shape index (κ2) is 6.45. The lowest BCUT2D eigenvalue weighted by atomic mass is 10.3. The zero-order chi connectivity index (χ0) is 15.4. The number of carbonyl (C=O) groups is 2. The molecule has 7 heteroatoms. The van der Waals surface area contributed by atoms with Crippen molar-refractivity contribution < 1.29 is 14.7 Å². The SMILES string of the molecule is Cc1cc(NC(=O)N(C)CCc2cccs2)c(C(=O)O)[nH]1. The number of carbonyl (C=O) groups excluding carboxylic acids is 1.